The summed E-state index contributed by atoms with van der Waals surface area (Å²) >= 11 is 1.55. The maximum atomic E-state index is 12.6. The Morgan fingerprint density at radius 1 is 1.11 bits per heavy atom. The number of hydrogen-bond acceptors (Lipinski definition) is 6. The van der Waals surface area contributed by atoms with Crippen LogP contribution in [-0.4, -0.2) is 28.0 Å². The summed E-state index contributed by atoms with van der Waals surface area (Å²) in [7, 11) is 1.49. The minimum absolute atomic E-state index is 0.264. The van der Waals surface area contributed by atoms with Gasteiger partial charge in [0.05, 0.1) is 7.11 Å². The van der Waals surface area contributed by atoms with Crippen molar-refractivity contribution in [3.8, 4) is 16.5 Å². The minimum atomic E-state index is -0.264. The molecule has 0 aliphatic heterocycles. The number of rotatable bonds is 4. The lowest BCUT2D eigenvalue weighted by Gasteiger charge is -2.11. The zero-order valence-corrected chi connectivity index (χ0v) is 15.6. The average Bonchev–Trinajstić information content (AvgIpc) is 3.13. The van der Waals surface area contributed by atoms with Gasteiger partial charge in [0.2, 0.25) is 5.88 Å². The third-order valence-corrected chi connectivity index (χ3v) is 5.13. The molecular formula is C20H16N4O2S. The Morgan fingerprint density at radius 3 is 2.70 bits per heavy atom. The topological polar surface area (TPSA) is 77.0 Å². The molecule has 3 aromatic heterocycles. The third kappa shape index (κ3) is 3.37. The standard InChI is InChI=1S/C20H16N4O2S/c1-12-11-13(19-24-16-6-4-10-22-20(16)27-19)7-8-15(12)23-17(25)14-5-3-9-21-18(14)26-2/h3-11H,1-2H3,(H,23,25). The van der Waals surface area contributed by atoms with E-state index in [4.69, 9.17) is 4.74 Å². The molecule has 0 saturated heterocycles. The van der Waals surface area contributed by atoms with Crippen molar-refractivity contribution in [3.63, 3.8) is 0 Å². The van der Waals surface area contributed by atoms with E-state index in [1.807, 2.05) is 37.3 Å². The van der Waals surface area contributed by atoms with E-state index in [0.717, 1.165) is 32.2 Å². The van der Waals surface area contributed by atoms with Gasteiger partial charge >= 0.3 is 0 Å². The Bertz CT molecular complexity index is 1110. The molecule has 0 atom stereocenters. The molecule has 4 aromatic rings. The molecule has 0 spiro atoms. The highest BCUT2D eigenvalue weighted by molar-refractivity contribution is 7.21. The van der Waals surface area contributed by atoms with Crippen LogP contribution in [0.1, 0.15) is 15.9 Å². The van der Waals surface area contributed by atoms with Crippen molar-refractivity contribution in [1.29, 1.82) is 0 Å². The first kappa shape index (κ1) is 17.1. The van der Waals surface area contributed by atoms with E-state index >= 15 is 0 Å². The van der Waals surface area contributed by atoms with Crippen LogP contribution < -0.4 is 10.1 Å². The fourth-order valence-electron chi connectivity index (χ4n) is 2.75. The molecule has 3 heterocycles. The lowest BCUT2D eigenvalue weighted by atomic mass is 10.1. The molecule has 1 N–H and O–H groups in total. The van der Waals surface area contributed by atoms with Gasteiger partial charge in [0, 0.05) is 23.6 Å². The Morgan fingerprint density at radius 2 is 1.93 bits per heavy atom. The van der Waals surface area contributed by atoms with Crippen LogP contribution in [0.5, 0.6) is 5.88 Å². The van der Waals surface area contributed by atoms with Crippen LogP contribution in [0, 0.1) is 6.92 Å². The fourth-order valence-corrected chi connectivity index (χ4v) is 3.65. The first-order chi connectivity index (χ1) is 13.2. The van der Waals surface area contributed by atoms with Gasteiger partial charge in [-0.15, -0.1) is 0 Å². The predicted molar refractivity (Wildman–Crippen MR) is 106 cm³/mol. The zero-order chi connectivity index (χ0) is 18.8. The second-order valence-electron chi connectivity index (χ2n) is 5.89. The van der Waals surface area contributed by atoms with Crippen molar-refractivity contribution in [1.82, 2.24) is 15.0 Å². The minimum Gasteiger partial charge on any atom is -0.480 e. The molecule has 0 fully saturated rings. The number of nitrogens with zero attached hydrogens (tertiary/aromatic N) is 3. The van der Waals surface area contributed by atoms with Gasteiger partial charge in [0.15, 0.2) is 0 Å². The summed E-state index contributed by atoms with van der Waals surface area (Å²) in [4.78, 5) is 26.5. The number of carbonyl (C=O) groups excluding carboxylic acids is 1. The van der Waals surface area contributed by atoms with Crippen LogP contribution in [0.15, 0.2) is 54.9 Å². The molecule has 6 nitrogen and oxygen atoms in total. The molecule has 1 amide bonds. The Hall–Kier alpha value is -3.32. The van der Waals surface area contributed by atoms with Crippen LogP contribution in [0.3, 0.4) is 0 Å². The van der Waals surface area contributed by atoms with E-state index in [1.165, 1.54) is 7.11 Å². The van der Waals surface area contributed by atoms with Crippen LogP contribution in [-0.2, 0) is 0 Å². The quantitative estimate of drug-likeness (QED) is 0.574. The summed E-state index contributed by atoms with van der Waals surface area (Å²) in [5.41, 5.74) is 3.94. The van der Waals surface area contributed by atoms with E-state index < -0.39 is 0 Å². The van der Waals surface area contributed by atoms with E-state index in [9.17, 15) is 4.79 Å². The van der Waals surface area contributed by atoms with Gasteiger partial charge in [-0.3, -0.25) is 4.79 Å². The number of nitrogens with one attached hydrogen (secondary N) is 1. The molecular weight excluding hydrogens is 360 g/mol. The second kappa shape index (κ2) is 7.13. The first-order valence-corrected chi connectivity index (χ1v) is 9.10. The summed E-state index contributed by atoms with van der Waals surface area (Å²) in [5, 5.41) is 3.82. The van der Waals surface area contributed by atoms with E-state index in [-0.39, 0.29) is 5.91 Å². The SMILES string of the molecule is COc1ncccc1C(=O)Nc1ccc(-c2nc3cccnc3s2)cc1C. The number of aromatic nitrogens is 3. The molecule has 0 radical (unpaired) electrons. The van der Waals surface area contributed by atoms with E-state index in [1.54, 1.807) is 35.9 Å². The molecule has 0 aliphatic rings. The number of fused-ring (bicyclic) bond motifs is 1. The number of thiazole rings is 1. The maximum Gasteiger partial charge on any atom is 0.261 e. The van der Waals surface area contributed by atoms with Crippen LogP contribution in [0.4, 0.5) is 5.69 Å². The molecule has 134 valence electrons. The second-order valence-corrected chi connectivity index (χ2v) is 6.87. The van der Waals surface area contributed by atoms with Gasteiger partial charge in [-0.2, -0.15) is 0 Å². The van der Waals surface area contributed by atoms with Crippen molar-refractivity contribution in [2.45, 2.75) is 6.92 Å². The Labute approximate surface area is 159 Å². The van der Waals surface area contributed by atoms with Gasteiger partial charge in [0.25, 0.3) is 5.91 Å². The van der Waals surface area contributed by atoms with Gasteiger partial charge in [-0.1, -0.05) is 11.3 Å². The monoisotopic (exact) mass is 376 g/mol. The van der Waals surface area contributed by atoms with E-state index in [0.29, 0.717) is 11.4 Å². The summed E-state index contributed by atoms with van der Waals surface area (Å²) in [6, 6.07) is 13.0. The van der Waals surface area contributed by atoms with Gasteiger partial charge < -0.3 is 10.1 Å². The summed E-state index contributed by atoms with van der Waals surface area (Å²) in [6.45, 7) is 1.95. The Kier molecular flexibility index (Phi) is 4.52. The molecule has 0 aliphatic carbocycles. The normalized spacial score (nSPS) is 10.7. The van der Waals surface area contributed by atoms with Gasteiger partial charge in [-0.25, -0.2) is 15.0 Å². The predicted octanol–water partition coefficient (Wildman–Crippen LogP) is 4.32. The summed E-state index contributed by atoms with van der Waals surface area (Å²) in [6.07, 6.45) is 3.35. The number of aryl methyl sites for hydroxylation is 1. The first-order valence-electron chi connectivity index (χ1n) is 8.28. The summed E-state index contributed by atoms with van der Waals surface area (Å²) in [5.74, 6) is 0.0336. The highest BCUT2D eigenvalue weighted by Gasteiger charge is 2.15. The van der Waals surface area contributed by atoms with Gasteiger partial charge in [0.1, 0.15) is 20.9 Å². The maximum absolute atomic E-state index is 12.6. The zero-order valence-electron chi connectivity index (χ0n) is 14.8. The number of amides is 1. The number of ether oxygens (including phenoxy) is 1. The van der Waals surface area contributed by atoms with E-state index in [2.05, 4.69) is 20.3 Å². The fraction of sp³-hybridized carbons (Fsp3) is 0.100. The number of benzene rings is 1. The molecule has 1 aromatic carbocycles. The lowest BCUT2D eigenvalue weighted by molar-refractivity contribution is 0.102. The average molecular weight is 376 g/mol. The van der Waals surface area contributed by atoms with Crippen LogP contribution in [0.2, 0.25) is 0 Å². The van der Waals surface area contributed by atoms with Crippen LogP contribution in [0.25, 0.3) is 20.9 Å². The molecule has 0 bridgehead atoms. The van der Waals surface area contributed by atoms with Crippen molar-refractivity contribution in [3.05, 3.63) is 66.0 Å². The van der Waals surface area contributed by atoms with Gasteiger partial charge in [-0.05, 0) is 55.0 Å². The molecule has 4 rings (SSSR count). The number of hydrogen-bond donors (Lipinski definition) is 1. The highest BCUT2D eigenvalue weighted by atomic mass is 32.1. The largest absolute Gasteiger partial charge is 0.480 e. The number of pyridine rings is 2. The Balaban J connectivity index is 1.61. The molecule has 27 heavy (non-hydrogen) atoms. The van der Waals surface area contributed by atoms with Crippen molar-refractivity contribution < 1.29 is 9.53 Å². The molecule has 0 saturated carbocycles. The van der Waals surface area contributed by atoms with Crippen LogP contribution >= 0.6 is 11.3 Å². The third-order valence-electron chi connectivity index (χ3n) is 4.10. The smallest absolute Gasteiger partial charge is 0.261 e. The van der Waals surface area contributed by atoms with Crippen molar-refractivity contribution >= 4 is 33.3 Å². The highest BCUT2D eigenvalue weighted by Crippen LogP contribution is 2.31. The molecule has 0 unspecified atom stereocenters. The number of anilines is 1. The van der Waals surface area contributed by atoms with Crippen molar-refractivity contribution in [2.24, 2.45) is 0 Å². The molecule has 7 heteroatoms. The lowest BCUT2D eigenvalue weighted by Crippen LogP contribution is -2.14. The van der Waals surface area contributed by atoms with Crippen molar-refractivity contribution in [2.75, 3.05) is 12.4 Å². The summed E-state index contributed by atoms with van der Waals surface area (Å²) < 4.78 is 5.16. The number of methoxy groups -OCH3 is 1. The number of carbonyl (C=O) groups is 1.